The summed E-state index contributed by atoms with van der Waals surface area (Å²) in [4.78, 5) is 25.9. The lowest BCUT2D eigenvalue weighted by Gasteiger charge is -2.35. The number of hydrogen-bond acceptors (Lipinski definition) is 8. The van der Waals surface area contributed by atoms with Crippen LogP contribution in [0, 0.1) is 5.41 Å². The van der Waals surface area contributed by atoms with E-state index in [-0.39, 0.29) is 22.9 Å². The number of carbonyl (C=O) groups excluding carboxylic acids is 1. The van der Waals surface area contributed by atoms with Crippen molar-refractivity contribution in [3.8, 4) is 0 Å². The average Bonchev–Trinajstić information content (AvgIpc) is 3.66. The van der Waals surface area contributed by atoms with Crippen LogP contribution in [0.5, 0.6) is 0 Å². The fourth-order valence-corrected chi connectivity index (χ4v) is 5.16. The van der Waals surface area contributed by atoms with Crippen molar-refractivity contribution in [3.05, 3.63) is 41.6 Å². The van der Waals surface area contributed by atoms with Crippen LogP contribution < -0.4 is 15.1 Å². The predicted octanol–water partition coefficient (Wildman–Crippen LogP) is 3.08. The van der Waals surface area contributed by atoms with Gasteiger partial charge < -0.3 is 30.1 Å². The van der Waals surface area contributed by atoms with Gasteiger partial charge >= 0.3 is 6.18 Å². The van der Waals surface area contributed by atoms with Crippen LogP contribution in [0.3, 0.4) is 0 Å². The molecule has 0 aromatic carbocycles. The molecule has 0 bridgehead atoms. The number of ether oxygens (including phenoxy) is 1. The first-order valence-electron chi connectivity index (χ1n) is 12.8. The first kappa shape index (κ1) is 26.6. The molecule has 2 aliphatic heterocycles. The summed E-state index contributed by atoms with van der Waals surface area (Å²) < 4.78 is 46.6. The number of amides is 1. The number of hydrogen-bond donors (Lipinski definition) is 3. The van der Waals surface area contributed by atoms with Gasteiger partial charge in [-0.1, -0.05) is 6.07 Å². The largest absolute Gasteiger partial charge is 0.425 e. The monoisotopic (exact) mass is 535 g/mol. The van der Waals surface area contributed by atoms with Crippen molar-refractivity contribution in [2.24, 2.45) is 5.41 Å². The Hall–Kier alpha value is -2.96. The van der Waals surface area contributed by atoms with E-state index in [4.69, 9.17) is 4.74 Å². The lowest BCUT2D eigenvalue weighted by atomic mass is 9.93. The second-order valence-electron chi connectivity index (χ2n) is 10.5. The minimum atomic E-state index is -5.16. The van der Waals surface area contributed by atoms with Crippen molar-refractivity contribution in [1.29, 1.82) is 0 Å². The molecule has 12 heteroatoms. The van der Waals surface area contributed by atoms with E-state index in [9.17, 15) is 28.2 Å². The number of morpholine rings is 1. The highest BCUT2D eigenvalue weighted by molar-refractivity contribution is 6.07. The number of carbonyl (C=O) groups is 1. The van der Waals surface area contributed by atoms with Crippen LogP contribution in [0.1, 0.15) is 48.7 Å². The van der Waals surface area contributed by atoms with Gasteiger partial charge in [-0.05, 0) is 62.3 Å². The Morgan fingerprint density at radius 2 is 1.84 bits per heavy atom. The van der Waals surface area contributed by atoms with E-state index < -0.39 is 30.0 Å². The minimum absolute atomic E-state index is 0.0459. The molecule has 1 aliphatic carbocycles. The number of aliphatic hydroxyl groups excluding tert-OH is 1. The Balaban J connectivity index is 1.44. The second-order valence-corrected chi connectivity index (χ2v) is 10.5. The number of anilines is 3. The summed E-state index contributed by atoms with van der Waals surface area (Å²) in [6.07, 6.45) is -1.15. The minimum Gasteiger partial charge on any atom is -0.393 e. The number of halogens is 3. The molecule has 0 unspecified atom stereocenters. The summed E-state index contributed by atoms with van der Waals surface area (Å²) in [5, 5.41) is 22.5. The molecule has 3 N–H and O–H groups in total. The smallest absolute Gasteiger partial charge is 0.393 e. The molecule has 2 aromatic heterocycles. The number of rotatable bonds is 6. The molecule has 0 radical (unpaired) electrons. The fraction of sp³-hybridized carbons (Fsp3) is 0.577. The van der Waals surface area contributed by atoms with E-state index >= 15 is 0 Å². The lowest BCUT2D eigenvalue weighted by molar-refractivity contribution is -0.279. The van der Waals surface area contributed by atoms with Crippen LogP contribution in [0.25, 0.3) is 0 Å². The van der Waals surface area contributed by atoms with Crippen molar-refractivity contribution in [1.82, 2.24) is 9.97 Å². The van der Waals surface area contributed by atoms with E-state index in [2.05, 4.69) is 20.2 Å². The van der Waals surface area contributed by atoms with Gasteiger partial charge in [0.1, 0.15) is 17.5 Å². The Bertz CT molecular complexity index is 1180. The van der Waals surface area contributed by atoms with Gasteiger partial charge in [0.2, 0.25) is 5.60 Å². The van der Waals surface area contributed by atoms with E-state index in [0.29, 0.717) is 44.4 Å². The van der Waals surface area contributed by atoms with Gasteiger partial charge in [-0.3, -0.25) is 4.79 Å². The molecular formula is C26H32F3N5O4. The standard InChI is InChI=1S/C26H32F3N5O4/c1-17-15-34(13-14-38-17)21-4-2-3-20(31-21)32-23(36)18-5-6-19(25(37,16-35)26(27,28)29)30-22(18)33-11-9-24(7-8-24)10-12-33/h2-6,17,35,37H,7-16H2,1H3,(H,31,32,36)/t17-,25-/m1/s1. The van der Waals surface area contributed by atoms with Crippen molar-refractivity contribution in [3.63, 3.8) is 0 Å². The average molecular weight is 536 g/mol. The van der Waals surface area contributed by atoms with Gasteiger partial charge in [0, 0.05) is 26.2 Å². The molecule has 1 saturated carbocycles. The van der Waals surface area contributed by atoms with Gasteiger partial charge in [-0.25, -0.2) is 9.97 Å². The highest BCUT2D eigenvalue weighted by Gasteiger charge is 2.56. The first-order valence-corrected chi connectivity index (χ1v) is 12.8. The third-order valence-electron chi connectivity index (χ3n) is 7.86. The van der Waals surface area contributed by atoms with E-state index in [1.54, 1.807) is 17.0 Å². The number of aromatic nitrogens is 2. The van der Waals surface area contributed by atoms with E-state index in [1.165, 1.54) is 6.07 Å². The number of aliphatic hydroxyl groups is 2. The van der Waals surface area contributed by atoms with Crippen molar-refractivity contribution in [2.45, 2.75) is 50.5 Å². The number of pyridine rings is 2. The molecule has 2 aromatic rings. The fourth-order valence-electron chi connectivity index (χ4n) is 5.16. The van der Waals surface area contributed by atoms with Crippen LogP contribution in [-0.2, 0) is 10.3 Å². The molecule has 38 heavy (non-hydrogen) atoms. The Morgan fingerprint density at radius 1 is 1.11 bits per heavy atom. The maximum Gasteiger partial charge on any atom is 0.425 e. The van der Waals surface area contributed by atoms with Gasteiger partial charge in [0.05, 0.1) is 30.6 Å². The highest BCUT2D eigenvalue weighted by atomic mass is 19.4. The molecule has 4 heterocycles. The molecule has 1 spiro atoms. The number of alkyl halides is 3. The Kier molecular flexibility index (Phi) is 6.99. The zero-order valence-corrected chi connectivity index (χ0v) is 21.2. The summed E-state index contributed by atoms with van der Waals surface area (Å²) in [5.41, 5.74) is -3.95. The van der Waals surface area contributed by atoms with Crippen LogP contribution in [0.2, 0.25) is 0 Å². The summed E-state index contributed by atoms with van der Waals surface area (Å²) in [5.74, 6) is 0.435. The molecule has 9 nitrogen and oxygen atoms in total. The number of nitrogens with zero attached hydrogens (tertiary/aromatic N) is 4. The predicted molar refractivity (Wildman–Crippen MR) is 134 cm³/mol. The van der Waals surface area contributed by atoms with Crippen molar-refractivity contribution < 1.29 is 32.9 Å². The lowest BCUT2D eigenvalue weighted by Crippen LogP contribution is -2.46. The van der Waals surface area contributed by atoms with Gasteiger partial charge in [0.15, 0.2) is 0 Å². The zero-order valence-electron chi connectivity index (χ0n) is 21.2. The molecule has 1 amide bonds. The Labute approximate surface area is 218 Å². The zero-order chi connectivity index (χ0) is 27.1. The molecular weight excluding hydrogens is 503 g/mol. The third-order valence-corrected chi connectivity index (χ3v) is 7.86. The van der Waals surface area contributed by atoms with Crippen LogP contribution in [0.15, 0.2) is 30.3 Å². The quantitative estimate of drug-likeness (QED) is 0.518. The van der Waals surface area contributed by atoms with Crippen LogP contribution >= 0.6 is 0 Å². The SMILES string of the molecule is C[C@@H]1CN(c2cccc(NC(=O)c3ccc([C@](O)(CO)C(F)(F)F)nc3N3CCC4(CC3)CC4)n2)CCO1. The first-order chi connectivity index (χ1) is 18.0. The second kappa shape index (κ2) is 9.97. The highest BCUT2D eigenvalue weighted by Crippen LogP contribution is 2.54. The molecule has 3 fully saturated rings. The Morgan fingerprint density at radius 3 is 2.47 bits per heavy atom. The van der Waals surface area contributed by atoms with Gasteiger partial charge in [-0.15, -0.1) is 0 Å². The van der Waals surface area contributed by atoms with Crippen LogP contribution in [0.4, 0.5) is 30.6 Å². The molecule has 2 saturated heterocycles. The van der Waals surface area contributed by atoms with Gasteiger partial charge in [-0.2, -0.15) is 13.2 Å². The maximum absolute atomic E-state index is 13.7. The summed E-state index contributed by atoms with van der Waals surface area (Å²) in [6.45, 7) is 3.33. The molecule has 206 valence electrons. The maximum atomic E-state index is 13.7. The van der Waals surface area contributed by atoms with E-state index in [1.807, 2.05) is 13.0 Å². The normalized spacial score (nSPS) is 22.7. The summed E-state index contributed by atoms with van der Waals surface area (Å²) in [6, 6.07) is 7.40. The van der Waals surface area contributed by atoms with Gasteiger partial charge in [0.25, 0.3) is 5.91 Å². The number of piperidine rings is 1. The number of nitrogens with one attached hydrogen (secondary N) is 1. The summed E-state index contributed by atoms with van der Waals surface area (Å²) in [7, 11) is 0. The topological polar surface area (TPSA) is 111 Å². The molecule has 5 rings (SSSR count). The molecule has 2 atom stereocenters. The summed E-state index contributed by atoms with van der Waals surface area (Å²) >= 11 is 0. The van der Waals surface area contributed by atoms with Crippen molar-refractivity contribution in [2.75, 3.05) is 54.5 Å². The third kappa shape index (κ3) is 5.16. The van der Waals surface area contributed by atoms with Crippen molar-refractivity contribution >= 4 is 23.4 Å². The van der Waals surface area contributed by atoms with E-state index in [0.717, 1.165) is 31.7 Å². The molecule has 3 aliphatic rings. The van der Waals surface area contributed by atoms with Crippen LogP contribution in [-0.4, -0.2) is 77.8 Å².